The molecule has 1 fully saturated rings. The van der Waals surface area contributed by atoms with Crippen LogP contribution in [0.25, 0.3) is 0 Å². The Morgan fingerprint density at radius 1 is 0.933 bits per heavy atom. The van der Waals surface area contributed by atoms with Gasteiger partial charge in [-0.3, -0.25) is 4.18 Å². The summed E-state index contributed by atoms with van der Waals surface area (Å²) >= 11 is 0. The van der Waals surface area contributed by atoms with Gasteiger partial charge in [-0.1, -0.05) is 0 Å². The lowest BCUT2D eigenvalue weighted by Crippen LogP contribution is -2.30. The molecule has 7 heteroatoms. The van der Waals surface area contributed by atoms with Crippen molar-refractivity contribution in [3.8, 4) is 0 Å². The molecule has 0 aromatic carbocycles. The average Bonchev–Trinajstić information content (AvgIpc) is 2.00. The van der Waals surface area contributed by atoms with E-state index in [0.29, 0.717) is 25.7 Å². The molecule has 0 unspecified atom stereocenters. The molecule has 0 atom stereocenters. The summed E-state index contributed by atoms with van der Waals surface area (Å²) in [6, 6.07) is 0. The van der Waals surface area contributed by atoms with E-state index in [1.165, 1.54) is 6.26 Å². The molecule has 15 heavy (non-hydrogen) atoms. The van der Waals surface area contributed by atoms with E-state index in [1.807, 2.05) is 0 Å². The highest BCUT2D eigenvalue weighted by atomic mass is 32.2. The van der Waals surface area contributed by atoms with Crippen LogP contribution in [0.5, 0.6) is 0 Å². The lowest BCUT2D eigenvalue weighted by atomic mass is 9.97. The van der Waals surface area contributed by atoms with Crippen LogP contribution in [0.15, 0.2) is 0 Å². The van der Waals surface area contributed by atoms with Crippen molar-refractivity contribution >= 4 is 20.0 Å². The minimum atomic E-state index is -3.43. The first-order valence-electron chi connectivity index (χ1n) is 4.75. The van der Waals surface area contributed by atoms with Crippen LogP contribution in [0.3, 0.4) is 0 Å². The second-order valence-electron chi connectivity index (χ2n) is 4.03. The van der Waals surface area contributed by atoms with E-state index in [1.54, 1.807) is 0 Å². The van der Waals surface area contributed by atoms with E-state index in [4.69, 9.17) is 4.18 Å². The van der Waals surface area contributed by atoms with Crippen molar-refractivity contribution in [3.05, 3.63) is 0 Å². The molecule has 0 N–H and O–H groups in total. The van der Waals surface area contributed by atoms with Gasteiger partial charge in [-0.15, -0.1) is 0 Å². The van der Waals surface area contributed by atoms with Crippen molar-refractivity contribution in [1.29, 1.82) is 0 Å². The molecule has 0 amide bonds. The summed E-state index contributed by atoms with van der Waals surface area (Å²) in [5.74, 6) is 0. The molecule has 1 aliphatic carbocycles. The van der Waals surface area contributed by atoms with E-state index in [9.17, 15) is 16.8 Å². The highest BCUT2D eigenvalue weighted by Crippen LogP contribution is 2.26. The standard InChI is InChI=1S/C8H16O5S2/c1-14(9,10)8-5-3-7(4-6-8)13-15(2,11)12/h7-8H,3-6H2,1-2H3/t7-,8+. The second kappa shape index (κ2) is 4.39. The highest BCUT2D eigenvalue weighted by Gasteiger charge is 2.29. The van der Waals surface area contributed by atoms with E-state index < -0.39 is 20.0 Å². The van der Waals surface area contributed by atoms with E-state index in [-0.39, 0.29) is 11.4 Å². The van der Waals surface area contributed by atoms with Gasteiger partial charge in [0.15, 0.2) is 0 Å². The Balaban J connectivity index is 2.50. The van der Waals surface area contributed by atoms with Gasteiger partial charge in [0.25, 0.3) is 10.1 Å². The van der Waals surface area contributed by atoms with Gasteiger partial charge in [0.05, 0.1) is 17.6 Å². The first kappa shape index (κ1) is 12.9. The Morgan fingerprint density at radius 3 is 1.73 bits per heavy atom. The Morgan fingerprint density at radius 2 is 1.40 bits per heavy atom. The van der Waals surface area contributed by atoms with Gasteiger partial charge in [-0.2, -0.15) is 8.42 Å². The molecule has 0 bridgehead atoms. The Kier molecular flexibility index (Phi) is 3.78. The Bertz CT molecular complexity index is 400. The van der Waals surface area contributed by atoms with Gasteiger partial charge in [-0.25, -0.2) is 8.42 Å². The van der Waals surface area contributed by atoms with Crippen molar-refractivity contribution < 1.29 is 21.0 Å². The molecule has 0 aliphatic heterocycles. The zero-order chi connectivity index (χ0) is 11.7. The van der Waals surface area contributed by atoms with Gasteiger partial charge >= 0.3 is 0 Å². The number of rotatable bonds is 3. The van der Waals surface area contributed by atoms with Crippen LogP contribution in [-0.4, -0.2) is 40.7 Å². The molecule has 0 aromatic rings. The van der Waals surface area contributed by atoms with Gasteiger partial charge in [0.1, 0.15) is 9.84 Å². The predicted octanol–water partition coefficient (Wildman–Crippen LogP) is 0.318. The molecule has 0 saturated heterocycles. The van der Waals surface area contributed by atoms with Crippen LogP contribution in [0, 0.1) is 0 Å². The van der Waals surface area contributed by atoms with Gasteiger partial charge in [0, 0.05) is 6.26 Å². The fourth-order valence-corrected chi connectivity index (χ4v) is 3.62. The zero-order valence-electron chi connectivity index (χ0n) is 8.84. The van der Waals surface area contributed by atoms with E-state index >= 15 is 0 Å². The van der Waals surface area contributed by atoms with Crippen LogP contribution in [-0.2, 0) is 24.1 Å². The zero-order valence-corrected chi connectivity index (χ0v) is 10.5. The van der Waals surface area contributed by atoms with Gasteiger partial charge in [0.2, 0.25) is 0 Å². The van der Waals surface area contributed by atoms with Gasteiger partial charge < -0.3 is 0 Å². The van der Waals surface area contributed by atoms with Crippen molar-refractivity contribution in [3.63, 3.8) is 0 Å². The second-order valence-corrected chi connectivity index (χ2v) is 7.96. The van der Waals surface area contributed by atoms with Crippen molar-refractivity contribution in [2.45, 2.75) is 37.0 Å². The Hall–Kier alpha value is -0.140. The summed E-state index contributed by atoms with van der Waals surface area (Å²) in [5, 5.41) is -0.336. The largest absolute Gasteiger partial charge is 0.267 e. The first-order chi connectivity index (χ1) is 6.68. The number of hydrogen-bond donors (Lipinski definition) is 0. The maximum Gasteiger partial charge on any atom is 0.264 e. The number of hydrogen-bond acceptors (Lipinski definition) is 5. The SMILES string of the molecule is CS(=O)(=O)O[C@H]1CC[C@@H](S(C)(=O)=O)CC1. The molecule has 0 aromatic heterocycles. The molecule has 0 spiro atoms. The summed E-state index contributed by atoms with van der Waals surface area (Å²) in [4.78, 5) is 0. The smallest absolute Gasteiger partial charge is 0.264 e. The molecule has 90 valence electrons. The third kappa shape index (κ3) is 4.48. The first-order valence-corrected chi connectivity index (χ1v) is 8.53. The molecule has 1 saturated carbocycles. The topological polar surface area (TPSA) is 77.5 Å². The van der Waals surface area contributed by atoms with Crippen LogP contribution in [0.2, 0.25) is 0 Å². The van der Waals surface area contributed by atoms with E-state index in [2.05, 4.69) is 0 Å². The molecule has 1 aliphatic rings. The van der Waals surface area contributed by atoms with Crippen LogP contribution in [0.4, 0.5) is 0 Å². The van der Waals surface area contributed by atoms with Crippen LogP contribution >= 0.6 is 0 Å². The molecule has 5 nitrogen and oxygen atoms in total. The summed E-state index contributed by atoms with van der Waals surface area (Å²) < 4.78 is 48.9. The molecule has 0 radical (unpaired) electrons. The van der Waals surface area contributed by atoms with Crippen LogP contribution in [0.1, 0.15) is 25.7 Å². The third-order valence-corrected chi connectivity index (χ3v) is 4.84. The van der Waals surface area contributed by atoms with Crippen molar-refractivity contribution in [2.75, 3.05) is 12.5 Å². The lowest BCUT2D eigenvalue weighted by molar-refractivity contribution is 0.165. The summed E-state index contributed by atoms with van der Waals surface area (Å²) in [6.45, 7) is 0. The lowest BCUT2D eigenvalue weighted by Gasteiger charge is -2.26. The maximum absolute atomic E-state index is 11.2. The van der Waals surface area contributed by atoms with Gasteiger partial charge in [-0.05, 0) is 25.7 Å². The minimum absolute atomic E-state index is 0.336. The fraction of sp³-hybridized carbons (Fsp3) is 1.00. The summed E-state index contributed by atoms with van der Waals surface area (Å²) in [6.07, 6.45) is 3.83. The normalized spacial score (nSPS) is 28.9. The predicted molar refractivity (Wildman–Crippen MR) is 56.8 cm³/mol. The minimum Gasteiger partial charge on any atom is -0.267 e. The molecule has 1 rings (SSSR count). The summed E-state index contributed by atoms with van der Waals surface area (Å²) in [7, 11) is -6.42. The molecular weight excluding hydrogens is 240 g/mol. The summed E-state index contributed by atoms with van der Waals surface area (Å²) in [5.41, 5.74) is 0. The maximum atomic E-state index is 11.2. The van der Waals surface area contributed by atoms with Crippen molar-refractivity contribution in [1.82, 2.24) is 0 Å². The Labute approximate surface area is 90.9 Å². The highest BCUT2D eigenvalue weighted by molar-refractivity contribution is 7.91. The quantitative estimate of drug-likeness (QED) is 0.679. The monoisotopic (exact) mass is 256 g/mol. The average molecular weight is 256 g/mol. The fourth-order valence-electron chi connectivity index (χ4n) is 1.80. The number of sulfone groups is 1. The molecule has 0 heterocycles. The van der Waals surface area contributed by atoms with Crippen molar-refractivity contribution in [2.24, 2.45) is 0 Å². The van der Waals surface area contributed by atoms with Crippen LogP contribution < -0.4 is 0 Å². The third-order valence-electron chi connectivity index (χ3n) is 2.54. The molecular formula is C8H16O5S2. The van der Waals surface area contributed by atoms with E-state index in [0.717, 1.165) is 6.26 Å².